The molecule has 1 heterocycles. The first kappa shape index (κ1) is 12.9. The number of nitrogens with zero attached hydrogens (tertiary/aromatic N) is 1. The van der Waals surface area contributed by atoms with Gasteiger partial charge in [-0.1, -0.05) is 12.8 Å². The molecule has 0 aromatic heterocycles. The Kier molecular flexibility index (Phi) is 3.84. The number of carboxylic acids is 1. The van der Waals surface area contributed by atoms with Crippen molar-refractivity contribution in [3.8, 4) is 0 Å². The maximum atomic E-state index is 13.7. The largest absolute Gasteiger partial charge is 0.478 e. The van der Waals surface area contributed by atoms with E-state index < -0.39 is 11.8 Å². The van der Waals surface area contributed by atoms with Gasteiger partial charge in [0, 0.05) is 18.3 Å². The lowest BCUT2D eigenvalue weighted by molar-refractivity contribution is 0.0692. The average Bonchev–Trinajstić information content (AvgIpc) is 2.53. The summed E-state index contributed by atoms with van der Waals surface area (Å²) in [7, 11) is 0. The molecule has 1 aromatic rings. The van der Waals surface area contributed by atoms with Crippen LogP contribution < -0.4 is 4.90 Å². The van der Waals surface area contributed by atoms with Crippen LogP contribution in [0.1, 0.15) is 43.0 Å². The van der Waals surface area contributed by atoms with Crippen LogP contribution in [0.5, 0.6) is 0 Å². The fraction of sp³-hybridized carbons (Fsp3) is 0.500. The van der Waals surface area contributed by atoms with E-state index in [0.717, 1.165) is 25.1 Å². The molecule has 0 spiro atoms. The zero-order chi connectivity index (χ0) is 13.1. The normalized spacial score (nSPS) is 20.6. The Morgan fingerprint density at radius 2 is 2.17 bits per heavy atom. The summed E-state index contributed by atoms with van der Waals surface area (Å²) in [5, 5.41) is 8.81. The molecule has 0 bridgehead atoms. The van der Waals surface area contributed by atoms with E-state index in [2.05, 4.69) is 11.8 Å². The molecule has 1 aromatic carbocycles. The minimum atomic E-state index is -1.22. The van der Waals surface area contributed by atoms with Crippen LogP contribution in [0.2, 0.25) is 0 Å². The van der Waals surface area contributed by atoms with Crippen LogP contribution in [0.3, 0.4) is 0 Å². The Hall–Kier alpha value is -1.58. The maximum Gasteiger partial charge on any atom is 0.338 e. The van der Waals surface area contributed by atoms with Crippen LogP contribution in [-0.2, 0) is 0 Å². The molecule has 0 aliphatic carbocycles. The molecule has 98 valence electrons. The van der Waals surface area contributed by atoms with Gasteiger partial charge < -0.3 is 10.0 Å². The van der Waals surface area contributed by atoms with Gasteiger partial charge >= 0.3 is 5.97 Å². The molecule has 1 aliphatic rings. The van der Waals surface area contributed by atoms with Gasteiger partial charge in [-0.3, -0.25) is 0 Å². The second kappa shape index (κ2) is 5.38. The van der Waals surface area contributed by atoms with E-state index in [-0.39, 0.29) is 5.56 Å². The molecule has 18 heavy (non-hydrogen) atoms. The highest BCUT2D eigenvalue weighted by Crippen LogP contribution is 2.25. The van der Waals surface area contributed by atoms with Gasteiger partial charge in [0.1, 0.15) is 5.82 Å². The predicted octanol–water partition coefficient (Wildman–Crippen LogP) is 3.29. The molecule has 1 unspecified atom stereocenters. The summed E-state index contributed by atoms with van der Waals surface area (Å²) in [4.78, 5) is 12.9. The number of hydrogen-bond acceptors (Lipinski definition) is 2. The quantitative estimate of drug-likeness (QED) is 0.876. The molecule has 0 saturated carbocycles. The molecular formula is C14H18FNO2. The van der Waals surface area contributed by atoms with Crippen LogP contribution in [-0.4, -0.2) is 23.7 Å². The van der Waals surface area contributed by atoms with Gasteiger partial charge in [-0.15, -0.1) is 0 Å². The smallest absolute Gasteiger partial charge is 0.338 e. The molecule has 1 fully saturated rings. The second-order valence-electron chi connectivity index (χ2n) is 4.86. The number of carboxylic acid groups (broad SMARTS) is 1. The van der Waals surface area contributed by atoms with Crippen LogP contribution in [0.4, 0.5) is 10.1 Å². The molecule has 0 radical (unpaired) electrons. The third kappa shape index (κ3) is 2.63. The van der Waals surface area contributed by atoms with E-state index in [9.17, 15) is 9.18 Å². The van der Waals surface area contributed by atoms with Crippen LogP contribution in [0.25, 0.3) is 0 Å². The van der Waals surface area contributed by atoms with Crippen molar-refractivity contribution in [1.82, 2.24) is 0 Å². The van der Waals surface area contributed by atoms with Crippen LogP contribution >= 0.6 is 0 Å². The summed E-state index contributed by atoms with van der Waals surface area (Å²) >= 11 is 0. The van der Waals surface area contributed by atoms with Gasteiger partial charge in [0.05, 0.1) is 5.56 Å². The Morgan fingerprint density at radius 3 is 2.83 bits per heavy atom. The molecule has 1 saturated heterocycles. The first-order chi connectivity index (χ1) is 8.59. The van der Waals surface area contributed by atoms with Gasteiger partial charge in [0.15, 0.2) is 0 Å². The van der Waals surface area contributed by atoms with Gasteiger partial charge in [0.25, 0.3) is 0 Å². The standard InChI is InChI=1S/C14H18FNO2/c1-10-5-3-2-4-8-16(10)11-6-7-12(14(17)18)13(15)9-11/h6-7,9-10H,2-5,8H2,1H3,(H,17,18). The van der Waals surface area contributed by atoms with Gasteiger partial charge in [-0.25, -0.2) is 9.18 Å². The van der Waals surface area contributed by atoms with Crippen molar-refractivity contribution in [2.24, 2.45) is 0 Å². The summed E-state index contributed by atoms with van der Waals surface area (Å²) in [6, 6.07) is 4.77. The molecule has 1 atom stereocenters. The number of halogens is 1. The molecule has 1 N–H and O–H groups in total. The average molecular weight is 251 g/mol. The van der Waals surface area contributed by atoms with Gasteiger partial charge in [-0.05, 0) is 38.0 Å². The zero-order valence-corrected chi connectivity index (χ0v) is 10.5. The number of carbonyl (C=O) groups is 1. The fourth-order valence-corrected chi connectivity index (χ4v) is 2.51. The lowest BCUT2D eigenvalue weighted by Crippen LogP contribution is -2.32. The third-order valence-corrected chi connectivity index (χ3v) is 3.57. The van der Waals surface area contributed by atoms with E-state index in [4.69, 9.17) is 5.11 Å². The highest BCUT2D eigenvalue weighted by molar-refractivity contribution is 5.88. The van der Waals surface area contributed by atoms with E-state index in [1.807, 2.05) is 0 Å². The Labute approximate surface area is 106 Å². The van der Waals surface area contributed by atoms with E-state index in [0.29, 0.717) is 6.04 Å². The van der Waals surface area contributed by atoms with Crippen LogP contribution in [0, 0.1) is 5.82 Å². The first-order valence-electron chi connectivity index (χ1n) is 6.39. The van der Waals surface area contributed by atoms with E-state index in [1.165, 1.54) is 25.0 Å². The highest BCUT2D eigenvalue weighted by atomic mass is 19.1. The topological polar surface area (TPSA) is 40.5 Å². The number of rotatable bonds is 2. The second-order valence-corrected chi connectivity index (χ2v) is 4.86. The number of aromatic carboxylic acids is 1. The molecule has 1 aliphatic heterocycles. The minimum absolute atomic E-state index is 0.263. The molecule has 4 heteroatoms. The van der Waals surface area contributed by atoms with Gasteiger partial charge in [-0.2, -0.15) is 0 Å². The molecule has 2 rings (SSSR count). The summed E-state index contributed by atoms with van der Waals surface area (Å²) in [6.07, 6.45) is 4.61. The maximum absolute atomic E-state index is 13.7. The van der Waals surface area contributed by atoms with Crippen molar-refractivity contribution in [2.75, 3.05) is 11.4 Å². The summed E-state index contributed by atoms with van der Waals surface area (Å²) < 4.78 is 13.7. The molecule has 0 amide bonds. The summed E-state index contributed by atoms with van der Waals surface area (Å²) in [5.41, 5.74) is 0.521. The highest BCUT2D eigenvalue weighted by Gasteiger charge is 2.19. The lowest BCUT2D eigenvalue weighted by atomic mass is 10.1. The number of benzene rings is 1. The fourth-order valence-electron chi connectivity index (χ4n) is 2.51. The predicted molar refractivity (Wildman–Crippen MR) is 68.6 cm³/mol. The van der Waals surface area contributed by atoms with Crippen molar-refractivity contribution in [3.05, 3.63) is 29.6 Å². The number of hydrogen-bond donors (Lipinski definition) is 1. The minimum Gasteiger partial charge on any atom is -0.478 e. The Bertz CT molecular complexity index is 447. The van der Waals surface area contributed by atoms with Crippen LogP contribution in [0.15, 0.2) is 18.2 Å². The van der Waals surface area contributed by atoms with Gasteiger partial charge in [0.2, 0.25) is 0 Å². The Morgan fingerprint density at radius 1 is 1.39 bits per heavy atom. The van der Waals surface area contributed by atoms with Crippen molar-refractivity contribution in [2.45, 2.75) is 38.6 Å². The van der Waals surface area contributed by atoms with E-state index in [1.54, 1.807) is 6.07 Å². The lowest BCUT2D eigenvalue weighted by Gasteiger charge is -2.29. The molecule has 3 nitrogen and oxygen atoms in total. The number of anilines is 1. The summed E-state index contributed by atoms with van der Waals surface area (Å²) in [5.74, 6) is -1.88. The van der Waals surface area contributed by atoms with Crippen molar-refractivity contribution in [1.29, 1.82) is 0 Å². The van der Waals surface area contributed by atoms with Crippen molar-refractivity contribution in [3.63, 3.8) is 0 Å². The van der Waals surface area contributed by atoms with Crippen molar-refractivity contribution >= 4 is 11.7 Å². The third-order valence-electron chi connectivity index (χ3n) is 3.57. The SMILES string of the molecule is CC1CCCCCN1c1ccc(C(=O)O)c(F)c1. The summed E-state index contributed by atoms with van der Waals surface area (Å²) in [6.45, 7) is 3.04. The van der Waals surface area contributed by atoms with Crippen molar-refractivity contribution < 1.29 is 14.3 Å². The van der Waals surface area contributed by atoms with E-state index >= 15 is 0 Å². The molecular weight excluding hydrogens is 233 g/mol. The zero-order valence-electron chi connectivity index (χ0n) is 10.5. The Balaban J connectivity index is 2.27. The monoisotopic (exact) mass is 251 g/mol. The first-order valence-corrected chi connectivity index (χ1v) is 6.39.